The molecule has 3 aromatic rings. The number of fused-ring (bicyclic) bond motifs is 1. The Morgan fingerprint density at radius 3 is 2.46 bits per heavy atom. The molecule has 6 nitrogen and oxygen atoms in total. The monoisotopic (exact) mass is 321 g/mol. The molecule has 0 saturated heterocycles. The molecule has 0 atom stereocenters. The zero-order valence-electron chi connectivity index (χ0n) is 13.9. The van der Waals surface area contributed by atoms with Gasteiger partial charge in [0.25, 0.3) is 0 Å². The van der Waals surface area contributed by atoms with Gasteiger partial charge in [0.2, 0.25) is 5.95 Å². The third-order valence-corrected chi connectivity index (χ3v) is 3.53. The van der Waals surface area contributed by atoms with Gasteiger partial charge in [-0.1, -0.05) is 30.3 Å². The number of amides is 2. The van der Waals surface area contributed by atoms with E-state index in [1.165, 1.54) is 0 Å². The molecule has 0 fully saturated rings. The van der Waals surface area contributed by atoms with Gasteiger partial charge in [0.15, 0.2) is 0 Å². The average Bonchev–Trinajstić information content (AvgIpc) is 2.54. The van der Waals surface area contributed by atoms with E-state index in [1.807, 2.05) is 74.4 Å². The van der Waals surface area contributed by atoms with Crippen LogP contribution in [0.5, 0.6) is 0 Å². The zero-order chi connectivity index (χ0) is 17.1. The summed E-state index contributed by atoms with van der Waals surface area (Å²) >= 11 is 0. The van der Waals surface area contributed by atoms with Crippen molar-refractivity contribution >= 4 is 34.3 Å². The molecule has 6 heteroatoms. The number of nitrogens with zero attached hydrogens (tertiary/aromatic N) is 3. The number of anilines is 3. The van der Waals surface area contributed by atoms with Crippen molar-refractivity contribution in [3.05, 3.63) is 54.2 Å². The van der Waals surface area contributed by atoms with Gasteiger partial charge in [-0.3, -0.25) is 5.32 Å². The Balaban J connectivity index is 1.75. The van der Waals surface area contributed by atoms with Crippen LogP contribution in [0, 0.1) is 6.92 Å². The van der Waals surface area contributed by atoms with E-state index in [-0.39, 0.29) is 12.0 Å². The quantitative estimate of drug-likeness (QED) is 0.772. The first-order chi connectivity index (χ1) is 11.5. The second-order valence-corrected chi connectivity index (χ2v) is 5.73. The summed E-state index contributed by atoms with van der Waals surface area (Å²) in [6.07, 6.45) is 0. The van der Waals surface area contributed by atoms with Gasteiger partial charge in [-0.25, -0.2) is 9.78 Å². The van der Waals surface area contributed by atoms with Gasteiger partial charge in [-0.2, -0.15) is 4.98 Å². The molecule has 0 unspecified atom stereocenters. The fourth-order valence-corrected chi connectivity index (χ4v) is 2.37. The van der Waals surface area contributed by atoms with Gasteiger partial charge in [0.1, 0.15) is 5.82 Å². The van der Waals surface area contributed by atoms with Crippen LogP contribution < -0.4 is 15.5 Å². The largest absolute Gasteiger partial charge is 0.363 e. The molecule has 0 radical (unpaired) electrons. The van der Waals surface area contributed by atoms with Crippen molar-refractivity contribution in [2.75, 3.05) is 29.6 Å². The highest BCUT2D eigenvalue weighted by Crippen LogP contribution is 2.19. The Bertz CT molecular complexity index is 891. The third kappa shape index (κ3) is 3.60. The smallest absolute Gasteiger partial charge is 0.326 e. The molecule has 0 aliphatic carbocycles. The van der Waals surface area contributed by atoms with Gasteiger partial charge in [-0.15, -0.1) is 0 Å². The first kappa shape index (κ1) is 15.7. The Hall–Kier alpha value is -3.15. The maximum absolute atomic E-state index is 12.2. The van der Waals surface area contributed by atoms with Gasteiger partial charge in [0.05, 0.1) is 0 Å². The van der Waals surface area contributed by atoms with Crippen LogP contribution in [0.3, 0.4) is 0 Å². The topological polar surface area (TPSA) is 70.2 Å². The molecule has 122 valence electrons. The maximum Gasteiger partial charge on any atom is 0.326 e. The molecule has 1 heterocycles. The van der Waals surface area contributed by atoms with Crippen LogP contribution >= 0.6 is 0 Å². The highest BCUT2D eigenvalue weighted by molar-refractivity contribution is 6.00. The summed E-state index contributed by atoms with van der Waals surface area (Å²) in [5.74, 6) is 1.01. The minimum absolute atomic E-state index is 0.275. The molecule has 2 N–H and O–H groups in total. The lowest BCUT2D eigenvalue weighted by atomic mass is 10.1. The number of carbonyl (C=O) groups is 1. The van der Waals surface area contributed by atoms with Crippen molar-refractivity contribution < 1.29 is 4.79 Å². The van der Waals surface area contributed by atoms with E-state index in [2.05, 4.69) is 20.6 Å². The van der Waals surface area contributed by atoms with E-state index in [9.17, 15) is 4.79 Å². The van der Waals surface area contributed by atoms with Crippen LogP contribution in [0.2, 0.25) is 0 Å². The molecule has 0 aliphatic heterocycles. The lowest BCUT2D eigenvalue weighted by molar-refractivity contribution is 0.262. The first-order valence-corrected chi connectivity index (χ1v) is 7.61. The number of benzene rings is 2. The summed E-state index contributed by atoms with van der Waals surface area (Å²) in [6, 6.07) is 15.2. The molecular weight excluding hydrogens is 302 g/mol. The Morgan fingerprint density at radius 1 is 0.958 bits per heavy atom. The zero-order valence-corrected chi connectivity index (χ0v) is 13.9. The summed E-state index contributed by atoms with van der Waals surface area (Å²) in [5, 5.41) is 7.68. The number of urea groups is 1. The SMILES string of the molecule is Cc1cc(N(C)C)nc(NC(=O)Nc2ccc3ccccc3c2)n1. The second kappa shape index (κ2) is 6.54. The van der Waals surface area contributed by atoms with Crippen molar-refractivity contribution in [2.24, 2.45) is 0 Å². The molecule has 0 saturated carbocycles. The summed E-state index contributed by atoms with van der Waals surface area (Å²) in [6.45, 7) is 1.86. The average molecular weight is 321 g/mol. The standard InChI is InChI=1S/C18H19N5O/c1-12-10-16(23(2)3)21-17(19-12)22-18(24)20-15-9-8-13-6-4-5-7-14(13)11-15/h4-11H,1-3H3,(H2,19,20,21,22,24). The summed E-state index contributed by atoms with van der Waals surface area (Å²) < 4.78 is 0. The Morgan fingerprint density at radius 2 is 1.71 bits per heavy atom. The van der Waals surface area contributed by atoms with Gasteiger partial charge in [-0.05, 0) is 29.8 Å². The van der Waals surface area contributed by atoms with E-state index in [4.69, 9.17) is 0 Å². The highest BCUT2D eigenvalue weighted by Gasteiger charge is 2.08. The van der Waals surface area contributed by atoms with E-state index in [1.54, 1.807) is 0 Å². The summed E-state index contributed by atoms with van der Waals surface area (Å²) in [7, 11) is 3.78. The van der Waals surface area contributed by atoms with Crippen molar-refractivity contribution in [1.82, 2.24) is 9.97 Å². The normalized spacial score (nSPS) is 10.5. The molecule has 24 heavy (non-hydrogen) atoms. The molecule has 1 aromatic heterocycles. The number of carbonyl (C=O) groups excluding carboxylic acids is 1. The lowest BCUT2D eigenvalue weighted by Crippen LogP contribution is -2.22. The highest BCUT2D eigenvalue weighted by atomic mass is 16.2. The maximum atomic E-state index is 12.2. The number of nitrogens with one attached hydrogen (secondary N) is 2. The van der Waals surface area contributed by atoms with Crippen LogP contribution in [-0.4, -0.2) is 30.1 Å². The number of aryl methyl sites for hydroxylation is 1. The summed E-state index contributed by atoms with van der Waals surface area (Å²) in [4.78, 5) is 22.6. The van der Waals surface area contributed by atoms with Gasteiger partial charge in [0, 0.05) is 31.5 Å². The van der Waals surface area contributed by atoms with E-state index in [0.717, 1.165) is 22.3 Å². The van der Waals surface area contributed by atoms with Crippen molar-refractivity contribution in [3.8, 4) is 0 Å². The molecule has 0 bridgehead atoms. The Kier molecular flexibility index (Phi) is 4.29. The van der Waals surface area contributed by atoms with E-state index in [0.29, 0.717) is 5.69 Å². The van der Waals surface area contributed by atoms with E-state index >= 15 is 0 Å². The second-order valence-electron chi connectivity index (χ2n) is 5.73. The van der Waals surface area contributed by atoms with Crippen molar-refractivity contribution in [1.29, 1.82) is 0 Å². The van der Waals surface area contributed by atoms with Crippen LogP contribution in [0.1, 0.15) is 5.69 Å². The van der Waals surface area contributed by atoms with Crippen molar-refractivity contribution in [3.63, 3.8) is 0 Å². The molecule has 0 spiro atoms. The number of hydrogen-bond donors (Lipinski definition) is 2. The van der Waals surface area contributed by atoms with E-state index < -0.39 is 0 Å². The molecule has 2 amide bonds. The van der Waals surface area contributed by atoms with Crippen LogP contribution in [-0.2, 0) is 0 Å². The predicted octanol–water partition coefficient (Wildman–Crippen LogP) is 3.65. The minimum atomic E-state index is -0.374. The minimum Gasteiger partial charge on any atom is -0.363 e. The van der Waals surface area contributed by atoms with Crippen molar-refractivity contribution in [2.45, 2.75) is 6.92 Å². The first-order valence-electron chi connectivity index (χ1n) is 7.61. The predicted molar refractivity (Wildman–Crippen MR) is 97.7 cm³/mol. The molecule has 2 aromatic carbocycles. The third-order valence-electron chi connectivity index (χ3n) is 3.53. The van der Waals surface area contributed by atoms with Crippen LogP contribution in [0.15, 0.2) is 48.5 Å². The van der Waals surface area contributed by atoms with Gasteiger partial charge >= 0.3 is 6.03 Å². The van der Waals surface area contributed by atoms with Crippen LogP contribution in [0.4, 0.5) is 22.2 Å². The molecule has 3 rings (SSSR count). The summed E-state index contributed by atoms with van der Waals surface area (Å²) in [5.41, 5.74) is 1.50. The fourth-order valence-electron chi connectivity index (χ4n) is 2.37. The van der Waals surface area contributed by atoms with Crippen LogP contribution in [0.25, 0.3) is 10.8 Å². The fraction of sp³-hybridized carbons (Fsp3) is 0.167. The molecular formula is C18H19N5O. The lowest BCUT2D eigenvalue weighted by Gasteiger charge is -2.13. The van der Waals surface area contributed by atoms with Gasteiger partial charge < -0.3 is 10.2 Å². The number of aromatic nitrogens is 2. The molecule has 0 aliphatic rings. The Labute approximate surface area is 140 Å². The number of hydrogen-bond acceptors (Lipinski definition) is 4. The number of rotatable bonds is 3.